The smallest absolute Gasteiger partial charge is 0.302 e. The number of carbonyl (C=O) groups excluding carboxylic acids is 2. The largest absolute Gasteiger partial charge is 0.465 e. The highest BCUT2D eigenvalue weighted by molar-refractivity contribution is 5.84. The van der Waals surface area contributed by atoms with Gasteiger partial charge in [0, 0.05) is 19.5 Å². The minimum atomic E-state index is -0.608. The van der Waals surface area contributed by atoms with E-state index in [2.05, 4.69) is 5.43 Å². The maximum atomic E-state index is 12.0. The summed E-state index contributed by atoms with van der Waals surface area (Å²) in [4.78, 5) is 22.9. The van der Waals surface area contributed by atoms with Crippen LogP contribution in [0.1, 0.15) is 46.0 Å². The topological polar surface area (TPSA) is 58.6 Å². The van der Waals surface area contributed by atoms with Crippen LogP contribution in [0, 0.1) is 5.41 Å². The van der Waals surface area contributed by atoms with E-state index in [-0.39, 0.29) is 18.5 Å². The minimum Gasteiger partial charge on any atom is -0.465 e. The number of hydrogen-bond donors (Lipinski definition) is 1. The van der Waals surface area contributed by atoms with Gasteiger partial charge in [0.25, 0.3) is 0 Å². The number of nitrogens with zero attached hydrogens (tertiary/aromatic N) is 1. The predicted molar refractivity (Wildman–Crippen MR) is 66.5 cm³/mol. The number of hydrazine groups is 1. The molecule has 1 saturated heterocycles. The van der Waals surface area contributed by atoms with Gasteiger partial charge in [0.05, 0.1) is 5.41 Å². The van der Waals surface area contributed by atoms with Crippen molar-refractivity contribution in [3.8, 4) is 0 Å². The monoisotopic (exact) mass is 254 g/mol. The lowest BCUT2D eigenvalue weighted by Crippen LogP contribution is -2.42. The van der Waals surface area contributed by atoms with Gasteiger partial charge in [0.15, 0.2) is 0 Å². The molecule has 5 heteroatoms. The second-order valence-corrected chi connectivity index (χ2v) is 5.70. The molecule has 1 amide bonds. The summed E-state index contributed by atoms with van der Waals surface area (Å²) in [5.41, 5.74) is 2.33. The number of rotatable bonds is 3. The van der Waals surface area contributed by atoms with Gasteiger partial charge in [-0.15, -0.1) is 0 Å². The Morgan fingerprint density at radius 3 is 2.72 bits per heavy atom. The van der Waals surface area contributed by atoms with Crippen LogP contribution in [0.5, 0.6) is 0 Å². The molecule has 0 aromatic rings. The molecular weight excluding hydrogens is 232 g/mol. The molecular formula is C13H22N2O3. The highest BCUT2D eigenvalue weighted by Crippen LogP contribution is 2.30. The van der Waals surface area contributed by atoms with Gasteiger partial charge < -0.3 is 4.74 Å². The van der Waals surface area contributed by atoms with Crippen molar-refractivity contribution >= 4 is 11.9 Å². The van der Waals surface area contributed by atoms with Crippen molar-refractivity contribution in [2.24, 2.45) is 5.41 Å². The zero-order valence-corrected chi connectivity index (χ0v) is 11.2. The fourth-order valence-electron chi connectivity index (χ4n) is 2.74. The molecule has 0 bridgehead atoms. The number of esters is 1. The molecule has 0 radical (unpaired) electrons. The van der Waals surface area contributed by atoms with Crippen LogP contribution < -0.4 is 5.43 Å². The van der Waals surface area contributed by atoms with E-state index in [1.54, 1.807) is 0 Å². The van der Waals surface area contributed by atoms with Gasteiger partial charge in [-0.05, 0) is 19.8 Å². The summed E-state index contributed by atoms with van der Waals surface area (Å²) < 4.78 is 5.01. The summed E-state index contributed by atoms with van der Waals surface area (Å²) in [6, 6.07) is 0.446. The molecule has 1 N–H and O–H groups in total. The summed E-state index contributed by atoms with van der Waals surface area (Å²) in [6.45, 7) is 4.02. The van der Waals surface area contributed by atoms with Gasteiger partial charge in [-0.25, -0.2) is 5.01 Å². The van der Waals surface area contributed by atoms with Crippen LogP contribution in [-0.2, 0) is 14.3 Å². The van der Waals surface area contributed by atoms with Crippen LogP contribution in [0.2, 0.25) is 0 Å². The zero-order valence-electron chi connectivity index (χ0n) is 11.2. The number of hydrogen-bond acceptors (Lipinski definition) is 4. The van der Waals surface area contributed by atoms with Crippen molar-refractivity contribution in [3.05, 3.63) is 0 Å². The number of carbonyl (C=O) groups is 2. The Kier molecular flexibility index (Phi) is 3.90. The first-order chi connectivity index (χ1) is 8.51. The molecule has 18 heavy (non-hydrogen) atoms. The van der Waals surface area contributed by atoms with E-state index in [0.29, 0.717) is 12.6 Å². The van der Waals surface area contributed by atoms with E-state index >= 15 is 0 Å². The SMILES string of the molecule is CC(=O)OCC1(C)CN(C2CCCCC2)NC1=O. The third-order valence-electron chi connectivity index (χ3n) is 3.92. The van der Waals surface area contributed by atoms with Crippen LogP contribution >= 0.6 is 0 Å². The van der Waals surface area contributed by atoms with Crippen molar-refractivity contribution in [2.75, 3.05) is 13.2 Å². The summed E-state index contributed by atoms with van der Waals surface area (Å²) in [5, 5.41) is 2.05. The Balaban J connectivity index is 1.94. The fourth-order valence-corrected chi connectivity index (χ4v) is 2.74. The lowest BCUT2D eigenvalue weighted by atomic mass is 9.90. The van der Waals surface area contributed by atoms with Gasteiger partial charge in [-0.3, -0.25) is 15.0 Å². The third kappa shape index (κ3) is 2.83. The van der Waals surface area contributed by atoms with Crippen molar-refractivity contribution in [3.63, 3.8) is 0 Å². The highest BCUT2D eigenvalue weighted by atomic mass is 16.5. The van der Waals surface area contributed by atoms with Crippen LogP contribution in [0.15, 0.2) is 0 Å². The maximum Gasteiger partial charge on any atom is 0.302 e. The number of ether oxygens (including phenoxy) is 1. The van der Waals surface area contributed by atoms with E-state index in [4.69, 9.17) is 4.74 Å². The molecule has 0 aromatic carbocycles. The Labute approximate surface area is 108 Å². The van der Waals surface area contributed by atoms with Gasteiger partial charge in [-0.1, -0.05) is 19.3 Å². The normalized spacial score (nSPS) is 30.2. The lowest BCUT2D eigenvalue weighted by molar-refractivity contribution is -0.146. The first-order valence-electron chi connectivity index (χ1n) is 6.72. The molecule has 2 fully saturated rings. The van der Waals surface area contributed by atoms with E-state index in [1.165, 1.54) is 26.2 Å². The predicted octanol–water partition coefficient (Wildman–Crippen LogP) is 1.24. The molecule has 1 atom stereocenters. The van der Waals surface area contributed by atoms with E-state index in [0.717, 1.165) is 12.8 Å². The summed E-state index contributed by atoms with van der Waals surface area (Å²) >= 11 is 0. The molecule has 102 valence electrons. The Morgan fingerprint density at radius 1 is 1.44 bits per heavy atom. The summed E-state index contributed by atoms with van der Waals surface area (Å²) in [7, 11) is 0. The quantitative estimate of drug-likeness (QED) is 0.770. The van der Waals surface area contributed by atoms with Crippen LogP contribution in [0.4, 0.5) is 0 Å². The molecule has 1 aliphatic carbocycles. The van der Waals surface area contributed by atoms with E-state index < -0.39 is 5.41 Å². The van der Waals surface area contributed by atoms with Gasteiger partial charge in [0.1, 0.15) is 6.61 Å². The van der Waals surface area contributed by atoms with Crippen LogP contribution in [0.25, 0.3) is 0 Å². The van der Waals surface area contributed by atoms with Crippen molar-refractivity contribution < 1.29 is 14.3 Å². The Hall–Kier alpha value is -1.10. The van der Waals surface area contributed by atoms with Crippen molar-refractivity contribution in [2.45, 2.75) is 52.0 Å². The molecule has 1 saturated carbocycles. The number of nitrogens with one attached hydrogen (secondary N) is 1. The average Bonchev–Trinajstić information content (AvgIpc) is 2.65. The van der Waals surface area contributed by atoms with Gasteiger partial charge in [-0.2, -0.15) is 0 Å². The highest BCUT2D eigenvalue weighted by Gasteiger charge is 2.45. The van der Waals surface area contributed by atoms with E-state index in [1.807, 2.05) is 11.9 Å². The first-order valence-corrected chi connectivity index (χ1v) is 6.72. The summed E-state index contributed by atoms with van der Waals surface area (Å²) in [5.74, 6) is -0.366. The van der Waals surface area contributed by atoms with Crippen LogP contribution in [0.3, 0.4) is 0 Å². The third-order valence-corrected chi connectivity index (χ3v) is 3.92. The second-order valence-electron chi connectivity index (χ2n) is 5.70. The Bertz CT molecular complexity index is 339. The molecule has 1 heterocycles. The van der Waals surface area contributed by atoms with Gasteiger partial charge >= 0.3 is 5.97 Å². The number of amides is 1. The summed E-state index contributed by atoms with van der Waals surface area (Å²) in [6.07, 6.45) is 6.05. The molecule has 0 aromatic heterocycles. The van der Waals surface area contributed by atoms with Crippen molar-refractivity contribution in [1.82, 2.24) is 10.4 Å². The first kappa shape index (κ1) is 13.3. The average molecular weight is 254 g/mol. The molecule has 5 nitrogen and oxygen atoms in total. The standard InChI is InChI=1S/C13H22N2O3/c1-10(16)18-9-13(2)8-15(14-12(13)17)11-6-4-3-5-7-11/h11H,3-9H2,1-2H3,(H,14,17). The maximum absolute atomic E-state index is 12.0. The van der Waals surface area contributed by atoms with Crippen LogP contribution in [-0.4, -0.2) is 36.1 Å². The lowest BCUT2D eigenvalue weighted by Gasteiger charge is -2.30. The Morgan fingerprint density at radius 2 is 2.11 bits per heavy atom. The molecule has 2 rings (SSSR count). The molecule has 0 spiro atoms. The molecule has 1 unspecified atom stereocenters. The minimum absolute atomic E-state index is 0.0330. The van der Waals surface area contributed by atoms with Gasteiger partial charge in [0.2, 0.25) is 5.91 Å². The van der Waals surface area contributed by atoms with E-state index in [9.17, 15) is 9.59 Å². The second kappa shape index (κ2) is 5.26. The van der Waals surface area contributed by atoms with Crippen molar-refractivity contribution in [1.29, 1.82) is 0 Å². The fraction of sp³-hybridized carbons (Fsp3) is 0.846. The molecule has 1 aliphatic heterocycles. The molecule has 2 aliphatic rings. The zero-order chi connectivity index (χ0) is 13.2.